The van der Waals surface area contributed by atoms with Gasteiger partial charge in [-0.1, -0.05) is 80.9 Å². The first-order chi connectivity index (χ1) is 26.9. The second-order valence-electron chi connectivity index (χ2n) is 15.9. The van der Waals surface area contributed by atoms with E-state index in [1.807, 2.05) is 74.5 Å². The Morgan fingerprint density at radius 2 is 1.12 bits per heavy atom. The summed E-state index contributed by atoms with van der Waals surface area (Å²) in [5.74, 6) is -2.85. The maximum atomic E-state index is 14.9. The molecule has 6 rings (SSSR count). The van der Waals surface area contributed by atoms with Crippen molar-refractivity contribution in [2.24, 2.45) is 5.92 Å². The van der Waals surface area contributed by atoms with Crippen LogP contribution in [0.3, 0.4) is 0 Å². The Balaban J connectivity index is 1.46. The Kier molecular flexibility index (Phi) is 13.1. The molecule has 14 nitrogen and oxygen atoms in total. The molecule has 7 atom stereocenters. The predicted octanol–water partition coefficient (Wildman–Crippen LogP) is 1.99. The van der Waals surface area contributed by atoms with E-state index in [2.05, 4.69) is 10.6 Å². The van der Waals surface area contributed by atoms with E-state index in [4.69, 9.17) is 0 Å². The molecule has 56 heavy (non-hydrogen) atoms. The minimum absolute atomic E-state index is 0.155. The van der Waals surface area contributed by atoms with Crippen LogP contribution in [0.15, 0.2) is 60.7 Å². The van der Waals surface area contributed by atoms with Gasteiger partial charge in [-0.25, -0.2) is 10.0 Å². The first-order valence-corrected chi connectivity index (χ1v) is 20.2. The highest BCUT2D eigenvalue weighted by Gasteiger charge is 2.48. The third-order valence-electron chi connectivity index (χ3n) is 12.2. The molecule has 2 aromatic rings. The molecule has 0 aromatic heterocycles. The molecule has 4 fully saturated rings. The first kappa shape index (κ1) is 40.8. The molecule has 0 aliphatic carbocycles. The fourth-order valence-corrected chi connectivity index (χ4v) is 8.73. The summed E-state index contributed by atoms with van der Waals surface area (Å²) >= 11 is 0. The number of hydrazine groups is 2. The summed E-state index contributed by atoms with van der Waals surface area (Å²) in [5, 5.41) is 12.5. The molecule has 2 N–H and O–H groups in total. The third-order valence-corrected chi connectivity index (χ3v) is 12.2. The van der Waals surface area contributed by atoms with E-state index in [0.717, 1.165) is 11.1 Å². The van der Waals surface area contributed by atoms with Crippen LogP contribution in [0.25, 0.3) is 0 Å². The number of hydrogen-bond acceptors (Lipinski definition) is 8. The van der Waals surface area contributed by atoms with Gasteiger partial charge in [0.05, 0.1) is 0 Å². The van der Waals surface area contributed by atoms with Gasteiger partial charge in [0.1, 0.15) is 36.3 Å². The number of benzene rings is 2. The zero-order valence-electron chi connectivity index (χ0n) is 33.4. The van der Waals surface area contributed by atoms with E-state index in [1.54, 1.807) is 36.1 Å². The summed E-state index contributed by atoms with van der Waals surface area (Å²) in [6, 6.07) is 13.0. The first-order valence-electron chi connectivity index (χ1n) is 20.2. The Hall–Kier alpha value is -4.82. The Bertz CT molecular complexity index is 1740. The monoisotopic (exact) mass is 770 g/mol. The van der Waals surface area contributed by atoms with Crippen molar-refractivity contribution in [3.05, 3.63) is 71.8 Å². The summed E-state index contributed by atoms with van der Waals surface area (Å²) < 4.78 is 0. The van der Waals surface area contributed by atoms with Gasteiger partial charge in [0.15, 0.2) is 0 Å². The largest absolute Gasteiger partial charge is 0.342 e. The highest BCUT2D eigenvalue weighted by molar-refractivity contribution is 5.98. The smallest absolute Gasteiger partial charge is 0.262 e. The molecule has 14 heteroatoms. The van der Waals surface area contributed by atoms with Crippen LogP contribution in [0.4, 0.5) is 0 Å². The Morgan fingerprint density at radius 3 is 1.71 bits per heavy atom. The lowest BCUT2D eigenvalue weighted by atomic mass is 9.95. The highest BCUT2D eigenvalue weighted by Crippen LogP contribution is 2.29. The van der Waals surface area contributed by atoms with Crippen LogP contribution in [0, 0.1) is 5.92 Å². The average molecular weight is 771 g/mol. The summed E-state index contributed by atoms with van der Waals surface area (Å²) in [6.45, 7) is 5.18. The van der Waals surface area contributed by atoms with Gasteiger partial charge in [-0.3, -0.25) is 38.8 Å². The number of nitrogens with zero attached hydrogens (tertiary/aromatic N) is 6. The molecular formula is C42H58N8O6. The molecule has 4 aliphatic rings. The van der Waals surface area contributed by atoms with Crippen LogP contribution < -0.4 is 10.6 Å². The SMILES string of the molecule is CC[C@H](C)[C@@H]1NC(=O)[C@@H](Cc2ccccc2)NC(=O)[C@@H]2CCCN2C(=O)[C@@H](Cc2ccccc2)N(C)C(=O)[C@@H]2CCCN(C)N2C(=O)[C@H]2CCCN(C)N2C1=O. The van der Waals surface area contributed by atoms with Gasteiger partial charge in [0.2, 0.25) is 23.6 Å². The normalized spacial score (nSPS) is 28.5. The van der Waals surface area contributed by atoms with Crippen molar-refractivity contribution in [1.29, 1.82) is 0 Å². The summed E-state index contributed by atoms with van der Waals surface area (Å²) in [4.78, 5) is 91.1. The van der Waals surface area contributed by atoms with Crippen molar-refractivity contribution in [3.63, 3.8) is 0 Å². The maximum absolute atomic E-state index is 14.9. The van der Waals surface area contributed by atoms with Crippen molar-refractivity contribution >= 4 is 35.4 Å². The van der Waals surface area contributed by atoms with Crippen molar-refractivity contribution < 1.29 is 28.8 Å². The number of hydrogen-bond donors (Lipinski definition) is 2. The quantitative estimate of drug-likeness (QED) is 0.454. The molecule has 6 amide bonds. The molecular weight excluding hydrogens is 713 g/mol. The van der Waals surface area contributed by atoms with Crippen molar-refractivity contribution in [1.82, 2.24) is 40.5 Å². The number of nitrogens with one attached hydrogen (secondary N) is 2. The van der Waals surface area contributed by atoms with E-state index < -0.39 is 54.0 Å². The summed E-state index contributed by atoms with van der Waals surface area (Å²) in [7, 11) is 5.15. The molecule has 0 radical (unpaired) electrons. The molecule has 4 saturated heterocycles. The van der Waals surface area contributed by atoms with Crippen LogP contribution in [-0.2, 0) is 41.6 Å². The second-order valence-corrected chi connectivity index (χ2v) is 15.9. The highest BCUT2D eigenvalue weighted by atomic mass is 16.2. The molecule has 4 aliphatic heterocycles. The van der Waals surface area contributed by atoms with Crippen molar-refractivity contribution in [2.45, 2.75) is 108 Å². The minimum atomic E-state index is -1.07. The van der Waals surface area contributed by atoms with Crippen LogP contribution in [-0.4, -0.2) is 142 Å². The zero-order valence-corrected chi connectivity index (χ0v) is 33.4. The standard InChI is InChI=1S/C42H58N8O6/c1-6-28(2)36-42(56)50-34(22-14-24-46(50)4)41(55)49-33(21-13-23-45(49)3)39(53)47(5)35(27-30-18-11-8-12-19-30)40(54)48-25-15-20-32(48)38(52)43-31(37(51)44-36)26-29-16-9-7-10-17-29/h7-12,16-19,28,31-36H,6,13-15,20-27H2,1-5H3,(H,43,52)(H,44,51)/t28-,31+,32-,33-,34+,35+,36-/m0/s1. The van der Waals surface area contributed by atoms with E-state index in [1.165, 1.54) is 14.9 Å². The number of likely N-dealkylation sites (N-methyl/N-ethyl adjacent to an activating group) is 1. The molecule has 2 aromatic carbocycles. The lowest BCUT2D eigenvalue weighted by Crippen LogP contribution is -2.69. The van der Waals surface area contributed by atoms with E-state index >= 15 is 0 Å². The van der Waals surface area contributed by atoms with Gasteiger partial charge in [-0.05, 0) is 55.6 Å². The van der Waals surface area contributed by atoms with Gasteiger partial charge < -0.3 is 20.4 Å². The fraction of sp³-hybridized carbons (Fsp3) is 0.571. The van der Waals surface area contributed by atoms with Gasteiger partial charge in [-0.15, -0.1) is 0 Å². The van der Waals surface area contributed by atoms with Crippen molar-refractivity contribution in [2.75, 3.05) is 40.8 Å². The Labute approximate surface area is 330 Å². The molecule has 0 saturated carbocycles. The zero-order chi connectivity index (χ0) is 40.1. The molecule has 0 unspecified atom stereocenters. The molecule has 4 heterocycles. The van der Waals surface area contributed by atoms with Crippen molar-refractivity contribution in [3.8, 4) is 0 Å². The number of rotatable bonds is 6. The number of fused-ring (bicyclic) bond motifs is 3. The summed E-state index contributed by atoms with van der Waals surface area (Å²) in [5.41, 5.74) is 1.65. The number of amides is 6. The maximum Gasteiger partial charge on any atom is 0.262 e. The molecule has 0 bridgehead atoms. The fourth-order valence-electron chi connectivity index (χ4n) is 8.73. The van der Waals surface area contributed by atoms with Crippen LogP contribution in [0.5, 0.6) is 0 Å². The van der Waals surface area contributed by atoms with E-state index in [-0.39, 0.29) is 36.5 Å². The minimum Gasteiger partial charge on any atom is -0.342 e. The van der Waals surface area contributed by atoms with Gasteiger partial charge in [-0.2, -0.15) is 0 Å². The van der Waals surface area contributed by atoms with Gasteiger partial charge in [0.25, 0.3) is 11.8 Å². The Morgan fingerprint density at radius 1 is 0.607 bits per heavy atom. The lowest BCUT2D eigenvalue weighted by molar-refractivity contribution is -0.187. The molecule has 302 valence electrons. The molecule has 0 spiro atoms. The topological polar surface area (TPSA) is 146 Å². The van der Waals surface area contributed by atoms with Crippen LogP contribution in [0.2, 0.25) is 0 Å². The van der Waals surface area contributed by atoms with Crippen LogP contribution >= 0.6 is 0 Å². The average Bonchev–Trinajstić information content (AvgIpc) is 3.71. The third kappa shape index (κ3) is 8.61. The second kappa shape index (κ2) is 18.0. The lowest BCUT2D eigenvalue weighted by Gasteiger charge is -2.49. The van der Waals surface area contributed by atoms with Gasteiger partial charge >= 0.3 is 0 Å². The number of carbonyl (C=O) groups excluding carboxylic acids is 6. The van der Waals surface area contributed by atoms with E-state index in [0.29, 0.717) is 64.6 Å². The number of carbonyl (C=O) groups is 6. The van der Waals surface area contributed by atoms with E-state index in [9.17, 15) is 28.8 Å². The summed E-state index contributed by atoms with van der Waals surface area (Å²) in [6.07, 6.45) is 3.92. The predicted molar refractivity (Wildman–Crippen MR) is 210 cm³/mol. The van der Waals surface area contributed by atoms with Gasteiger partial charge in [0, 0.05) is 53.6 Å². The van der Waals surface area contributed by atoms with Crippen LogP contribution in [0.1, 0.15) is 69.9 Å².